The molecule has 0 bridgehead atoms. The molecule has 1 saturated carbocycles. The number of halogens is 1. The SMILES string of the molecule is C[C@@H]1C(CO)OC(n2cc(Cc3ccc(C4CC4)cc3)c3c(F)cccc32)[C@H](O)C1O. The zero-order valence-electron chi connectivity index (χ0n) is 17.5. The number of aliphatic hydroxyl groups excluding tert-OH is 3. The maximum Gasteiger partial charge on any atom is 0.163 e. The Hall–Kier alpha value is -2.25. The van der Waals surface area contributed by atoms with E-state index in [1.165, 1.54) is 24.5 Å². The average molecular weight is 426 g/mol. The monoisotopic (exact) mass is 425 g/mol. The number of hydrogen-bond acceptors (Lipinski definition) is 4. The fourth-order valence-electron chi connectivity index (χ4n) is 4.76. The molecule has 3 N–H and O–H groups in total. The molecule has 1 aliphatic heterocycles. The first-order chi connectivity index (χ1) is 15.0. The van der Waals surface area contributed by atoms with Crippen molar-refractivity contribution < 1.29 is 24.4 Å². The molecule has 2 aromatic carbocycles. The minimum Gasteiger partial charge on any atom is -0.394 e. The first-order valence-electron chi connectivity index (χ1n) is 11.0. The summed E-state index contributed by atoms with van der Waals surface area (Å²) < 4.78 is 22.5. The first-order valence-corrected chi connectivity index (χ1v) is 11.0. The predicted molar refractivity (Wildman–Crippen MR) is 115 cm³/mol. The normalized spacial score (nSPS) is 28.9. The van der Waals surface area contributed by atoms with Gasteiger partial charge in [-0.1, -0.05) is 37.3 Å². The topological polar surface area (TPSA) is 74.9 Å². The van der Waals surface area contributed by atoms with Gasteiger partial charge in [0.1, 0.15) is 11.9 Å². The summed E-state index contributed by atoms with van der Waals surface area (Å²) in [7, 11) is 0. The number of rotatable bonds is 5. The van der Waals surface area contributed by atoms with Crippen LogP contribution in [0.15, 0.2) is 48.7 Å². The van der Waals surface area contributed by atoms with Crippen molar-refractivity contribution in [3.8, 4) is 0 Å². The Labute approximate surface area is 180 Å². The molecule has 5 nitrogen and oxygen atoms in total. The third-order valence-electron chi connectivity index (χ3n) is 6.84. The van der Waals surface area contributed by atoms with E-state index in [1.807, 2.05) is 0 Å². The summed E-state index contributed by atoms with van der Waals surface area (Å²) in [6.07, 6.45) is 1.06. The van der Waals surface area contributed by atoms with Crippen molar-refractivity contribution in [3.05, 3.63) is 71.2 Å². The van der Waals surface area contributed by atoms with E-state index in [-0.39, 0.29) is 12.4 Å². The van der Waals surface area contributed by atoms with Crippen molar-refractivity contribution in [1.82, 2.24) is 4.57 Å². The van der Waals surface area contributed by atoms with Crippen LogP contribution in [0.1, 0.15) is 48.6 Å². The van der Waals surface area contributed by atoms with Gasteiger partial charge in [0.25, 0.3) is 0 Å². The zero-order chi connectivity index (χ0) is 21.7. The van der Waals surface area contributed by atoms with E-state index in [1.54, 1.807) is 29.8 Å². The number of fused-ring (bicyclic) bond motifs is 1. The second-order valence-electron chi connectivity index (χ2n) is 8.98. The smallest absolute Gasteiger partial charge is 0.163 e. The summed E-state index contributed by atoms with van der Waals surface area (Å²) in [5, 5.41) is 31.4. The number of ether oxygens (including phenoxy) is 1. The van der Waals surface area contributed by atoms with Crippen LogP contribution >= 0.6 is 0 Å². The van der Waals surface area contributed by atoms with Crippen molar-refractivity contribution in [1.29, 1.82) is 0 Å². The average Bonchev–Trinajstić information content (AvgIpc) is 3.56. The minimum absolute atomic E-state index is 0.269. The maximum absolute atomic E-state index is 14.9. The molecule has 1 aromatic heterocycles. The molecule has 0 spiro atoms. The van der Waals surface area contributed by atoms with Gasteiger partial charge in [0.05, 0.1) is 24.3 Å². The van der Waals surface area contributed by atoms with Crippen LogP contribution in [0.25, 0.3) is 10.9 Å². The van der Waals surface area contributed by atoms with E-state index in [2.05, 4.69) is 24.3 Å². The van der Waals surface area contributed by atoms with Crippen molar-refractivity contribution in [2.45, 2.75) is 56.6 Å². The Balaban J connectivity index is 1.53. The highest BCUT2D eigenvalue weighted by Crippen LogP contribution is 2.40. The molecule has 6 heteroatoms. The van der Waals surface area contributed by atoms with E-state index >= 15 is 0 Å². The second kappa shape index (κ2) is 8.02. The van der Waals surface area contributed by atoms with Crippen LogP contribution in [-0.4, -0.2) is 44.8 Å². The molecule has 2 heterocycles. The molecule has 0 radical (unpaired) electrons. The fraction of sp³-hybridized carbons (Fsp3) is 0.440. The summed E-state index contributed by atoms with van der Waals surface area (Å²) in [5.74, 6) is -0.0651. The predicted octanol–water partition coefficient (Wildman–Crippen LogP) is 3.50. The Morgan fingerprint density at radius 3 is 2.48 bits per heavy atom. The van der Waals surface area contributed by atoms with Crippen LogP contribution in [0.4, 0.5) is 4.39 Å². The summed E-state index contributed by atoms with van der Waals surface area (Å²) in [6, 6.07) is 13.3. The number of aliphatic hydroxyl groups is 3. The third-order valence-corrected chi connectivity index (χ3v) is 6.84. The van der Waals surface area contributed by atoms with Crippen LogP contribution in [0.3, 0.4) is 0 Å². The van der Waals surface area contributed by atoms with Gasteiger partial charge in [-0.3, -0.25) is 0 Å². The zero-order valence-corrected chi connectivity index (χ0v) is 17.5. The lowest BCUT2D eigenvalue weighted by atomic mass is 9.90. The Kier molecular flexibility index (Phi) is 5.34. The molecular formula is C25H28FNO4. The first kappa shape index (κ1) is 20.6. The highest BCUT2D eigenvalue weighted by molar-refractivity contribution is 5.85. The van der Waals surface area contributed by atoms with E-state index in [0.717, 1.165) is 11.1 Å². The summed E-state index contributed by atoms with van der Waals surface area (Å²) in [6.45, 7) is 1.46. The van der Waals surface area contributed by atoms with Gasteiger partial charge in [-0.25, -0.2) is 4.39 Å². The molecule has 3 aromatic rings. The van der Waals surface area contributed by atoms with Crippen molar-refractivity contribution >= 4 is 10.9 Å². The van der Waals surface area contributed by atoms with Gasteiger partial charge in [0.15, 0.2) is 6.23 Å². The van der Waals surface area contributed by atoms with Gasteiger partial charge >= 0.3 is 0 Å². The molecule has 5 rings (SSSR count). The van der Waals surface area contributed by atoms with Crippen LogP contribution in [0, 0.1) is 11.7 Å². The second-order valence-corrected chi connectivity index (χ2v) is 8.98. The van der Waals surface area contributed by atoms with Crippen molar-refractivity contribution in [2.75, 3.05) is 6.61 Å². The number of aromatic nitrogens is 1. The molecule has 2 fully saturated rings. The Bertz CT molecular complexity index is 1070. The summed E-state index contributed by atoms with van der Waals surface area (Å²) >= 11 is 0. The molecule has 1 aliphatic carbocycles. The lowest BCUT2D eigenvalue weighted by Gasteiger charge is -2.41. The molecule has 0 amide bonds. The van der Waals surface area contributed by atoms with Gasteiger partial charge in [0, 0.05) is 17.5 Å². The molecule has 1 saturated heterocycles. The van der Waals surface area contributed by atoms with Gasteiger partial charge in [-0.2, -0.15) is 0 Å². The molecule has 5 atom stereocenters. The van der Waals surface area contributed by atoms with E-state index in [9.17, 15) is 19.7 Å². The maximum atomic E-state index is 14.9. The summed E-state index contributed by atoms with van der Waals surface area (Å²) in [4.78, 5) is 0. The van der Waals surface area contributed by atoms with Gasteiger partial charge < -0.3 is 24.6 Å². The van der Waals surface area contributed by atoms with E-state index in [4.69, 9.17) is 4.74 Å². The summed E-state index contributed by atoms with van der Waals surface area (Å²) in [5.41, 5.74) is 3.82. The molecule has 31 heavy (non-hydrogen) atoms. The molecule has 2 aliphatic rings. The highest BCUT2D eigenvalue weighted by Gasteiger charge is 2.43. The number of benzene rings is 2. The minimum atomic E-state index is -1.19. The largest absolute Gasteiger partial charge is 0.394 e. The van der Waals surface area contributed by atoms with E-state index in [0.29, 0.717) is 23.2 Å². The molecule has 3 unspecified atom stereocenters. The fourth-order valence-corrected chi connectivity index (χ4v) is 4.76. The number of hydrogen-bond donors (Lipinski definition) is 3. The van der Waals surface area contributed by atoms with Gasteiger partial charge in [-0.15, -0.1) is 0 Å². The van der Waals surface area contributed by atoms with Crippen molar-refractivity contribution in [2.24, 2.45) is 5.92 Å². The third kappa shape index (κ3) is 3.68. The van der Waals surface area contributed by atoms with Crippen LogP contribution < -0.4 is 0 Å². The van der Waals surface area contributed by atoms with Crippen LogP contribution in [-0.2, 0) is 11.2 Å². The van der Waals surface area contributed by atoms with Crippen molar-refractivity contribution in [3.63, 3.8) is 0 Å². The van der Waals surface area contributed by atoms with Gasteiger partial charge in [0.2, 0.25) is 0 Å². The molecule has 164 valence electrons. The quantitative estimate of drug-likeness (QED) is 0.585. The highest BCUT2D eigenvalue weighted by atomic mass is 19.1. The Morgan fingerprint density at radius 1 is 1.06 bits per heavy atom. The lowest BCUT2D eigenvalue weighted by Crippen LogP contribution is -2.52. The number of nitrogens with zero attached hydrogens (tertiary/aromatic N) is 1. The lowest BCUT2D eigenvalue weighted by molar-refractivity contribution is -0.228. The van der Waals surface area contributed by atoms with Crippen LogP contribution in [0.2, 0.25) is 0 Å². The van der Waals surface area contributed by atoms with E-state index < -0.39 is 30.5 Å². The van der Waals surface area contributed by atoms with Crippen LogP contribution in [0.5, 0.6) is 0 Å². The van der Waals surface area contributed by atoms with Gasteiger partial charge in [-0.05, 0) is 54.0 Å². The standard InChI is InChI=1S/C25H28FNO4/c1-14-21(13-28)31-25(24(30)23(14)29)27-12-18(22-19(26)3-2-4-20(22)27)11-15-5-7-16(8-6-15)17-9-10-17/h2-8,12,14,17,21,23-25,28-30H,9-11,13H2,1H3/t14-,21?,23?,24-,25?/m1/s1. The molecular weight excluding hydrogens is 397 g/mol. The Morgan fingerprint density at radius 2 is 1.81 bits per heavy atom.